The standard InChI is InChI=1S/C7H9F2NO3S/c8-5(9)6(11)10-1-2-14-3-4(10)7(12)13/h4-5H,1-3H2,(H,12,13). The first-order chi connectivity index (χ1) is 6.54. The van der Waals surface area contributed by atoms with Crippen molar-refractivity contribution in [2.45, 2.75) is 12.5 Å². The Hall–Kier alpha value is -0.850. The molecule has 0 aromatic heterocycles. The molecule has 0 saturated carbocycles. The number of nitrogens with zero attached hydrogens (tertiary/aromatic N) is 1. The maximum atomic E-state index is 12.1. The zero-order valence-corrected chi connectivity index (χ0v) is 7.97. The van der Waals surface area contributed by atoms with Crippen molar-refractivity contribution in [2.75, 3.05) is 18.1 Å². The molecule has 1 rings (SSSR count). The Bertz CT molecular complexity index is 249. The molecule has 1 atom stereocenters. The number of alkyl halides is 2. The van der Waals surface area contributed by atoms with E-state index in [2.05, 4.69) is 0 Å². The molecule has 0 radical (unpaired) electrons. The van der Waals surface area contributed by atoms with Gasteiger partial charge in [-0.3, -0.25) is 4.79 Å². The van der Waals surface area contributed by atoms with E-state index in [-0.39, 0.29) is 12.3 Å². The molecule has 1 aliphatic rings. The molecule has 1 saturated heterocycles. The fraction of sp³-hybridized carbons (Fsp3) is 0.714. The number of rotatable bonds is 2. The predicted molar refractivity (Wildman–Crippen MR) is 46.5 cm³/mol. The van der Waals surface area contributed by atoms with Gasteiger partial charge >= 0.3 is 12.4 Å². The molecule has 0 aromatic carbocycles. The van der Waals surface area contributed by atoms with E-state index in [4.69, 9.17) is 5.11 Å². The summed E-state index contributed by atoms with van der Waals surface area (Å²) >= 11 is 1.34. The lowest BCUT2D eigenvalue weighted by molar-refractivity contribution is -0.154. The summed E-state index contributed by atoms with van der Waals surface area (Å²) in [5.41, 5.74) is 0. The van der Waals surface area contributed by atoms with Gasteiger partial charge in [0.05, 0.1) is 0 Å². The molecular weight excluding hydrogens is 216 g/mol. The highest BCUT2D eigenvalue weighted by Gasteiger charge is 2.35. The first-order valence-electron chi connectivity index (χ1n) is 3.93. The van der Waals surface area contributed by atoms with E-state index in [0.717, 1.165) is 4.90 Å². The quantitative estimate of drug-likeness (QED) is 0.733. The largest absolute Gasteiger partial charge is 0.480 e. The number of amides is 1. The van der Waals surface area contributed by atoms with E-state index < -0.39 is 24.3 Å². The summed E-state index contributed by atoms with van der Waals surface area (Å²) < 4.78 is 24.1. The number of carbonyl (C=O) groups is 2. The first kappa shape index (κ1) is 11.2. The average molecular weight is 225 g/mol. The molecule has 1 amide bonds. The Kier molecular flexibility index (Phi) is 3.68. The van der Waals surface area contributed by atoms with Gasteiger partial charge in [-0.05, 0) is 0 Å². The fourth-order valence-electron chi connectivity index (χ4n) is 1.20. The summed E-state index contributed by atoms with van der Waals surface area (Å²) in [5.74, 6) is -1.94. The summed E-state index contributed by atoms with van der Waals surface area (Å²) in [6, 6.07) is -1.12. The van der Waals surface area contributed by atoms with Crippen LogP contribution in [0.3, 0.4) is 0 Å². The molecule has 0 aromatic rings. The number of carboxylic acids is 1. The Labute approximate surface area is 83.3 Å². The highest BCUT2D eigenvalue weighted by molar-refractivity contribution is 7.99. The van der Waals surface area contributed by atoms with Gasteiger partial charge in [0.15, 0.2) is 0 Å². The number of carbonyl (C=O) groups excluding carboxylic acids is 1. The highest BCUT2D eigenvalue weighted by Crippen LogP contribution is 2.18. The maximum absolute atomic E-state index is 12.1. The molecule has 14 heavy (non-hydrogen) atoms. The normalized spacial score (nSPS) is 22.5. The Morgan fingerprint density at radius 2 is 2.14 bits per heavy atom. The van der Waals surface area contributed by atoms with Crippen molar-refractivity contribution in [1.82, 2.24) is 4.90 Å². The highest BCUT2D eigenvalue weighted by atomic mass is 32.2. The third kappa shape index (κ3) is 2.34. The number of thioether (sulfide) groups is 1. The molecule has 0 aliphatic carbocycles. The SMILES string of the molecule is O=C(O)C1CSCCN1C(=O)C(F)F. The van der Waals surface area contributed by atoms with Crippen molar-refractivity contribution in [2.24, 2.45) is 0 Å². The zero-order chi connectivity index (χ0) is 10.7. The molecule has 1 heterocycles. The summed E-state index contributed by atoms with van der Waals surface area (Å²) in [7, 11) is 0. The number of hydrogen-bond acceptors (Lipinski definition) is 3. The molecule has 7 heteroatoms. The Morgan fingerprint density at radius 3 is 2.64 bits per heavy atom. The van der Waals surface area contributed by atoms with Gasteiger partial charge in [-0.1, -0.05) is 0 Å². The molecule has 4 nitrogen and oxygen atoms in total. The minimum absolute atomic E-state index is 0.0742. The van der Waals surface area contributed by atoms with Crippen LogP contribution in [0.1, 0.15) is 0 Å². The monoisotopic (exact) mass is 225 g/mol. The van der Waals surface area contributed by atoms with Crippen LogP contribution in [0, 0.1) is 0 Å². The van der Waals surface area contributed by atoms with Crippen molar-refractivity contribution < 1.29 is 23.5 Å². The van der Waals surface area contributed by atoms with Crippen LogP contribution in [0.25, 0.3) is 0 Å². The number of hydrogen-bond donors (Lipinski definition) is 1. The fourth-order valence-corrected chi connectivity index (χ4v) is 2.24. The third-order valence-electron chi connectivity index (χ3n) is 1.88. The molecule has 1 fully saturated rings. The van der Waals surface area contributed by atoms with Crippen LogP contribution in [0.15, 0.2) is 0 Å². The summed E-state index contributed by atoms with van der Waals surface area (Å²) in [6.07, 6.45) is -3.13. The lowest BCUT2D eigenvalue weighted by atomic mass is 10.2. The van der Waals surface area contributed by atoms with Crippen LogP contribution in [-0.4, -0.2) is 52.4 Å². The van der Waals surface area contributed by atoms with E-state index >= 15 is 0 Å². The molecule has 0 spiro atoms. The molecule has 80 valence electrons. The molecule has 1 aliphatic heterocycles. The summed E-state index contributed by atoms with van der Waals surface area (Å²) in [4.78, 5) is 22.3. The van der Waals surface area contributed by atoms with Gasteiger partial charge in [0, 0.05) is 18.1 Å². The summed E-state index contributed by atoms with van der Waals surface area (Å²) in [5, 5.41) is 8.69. The predicted octanol–water partition coefficient (Wildman–Crippen LogP) is 0.280. The van der Waals surface area contributed by atoms with E-state index in [9.17, 15) is 18.4 Å². The van der Waals surface area contributed by atoms with Crippen molar-refractivity contribution in [3.8, 4) is 0 Å². The van der Waals surface area contributed by atoms with Crippen molar-refractivity contribution in [1.29, 1.82) is 0 Å². The van der Waals surface area contributed by atoms with E-state index in [1.165, 1.54) is 11.8 Å². The summed E-state index contributed by atoms with van der Waals surface area (Å²) in [6.45, 7) is 0.0742. The van der Waals surface area contributed by atoms with E-state index in [1.54, 1.807) is 0 Å². The van der Waals surface area contributed by atoms with Crippen LogP contribution >= 0.6 is 11.8 Å². The smallest absolute Gasteiger partial charge is 0.327 e. The lowest BCUT2D eigenvalue weighted by Gasteiger charge is -2.32. The van der Waals surface area contributed by atoms with Gasteiger partial charge in [-0.2, -0.15) is 20.5 Å². The van der Waals surface area contributed by atoms with Crippen LogP contribution in [0.4, 0.5) is 8.78 Å². The zero-order valence-electron chi connectivity index (χ0n) is 7.15. The van der Waals surface area contributed by atoms with Crippen molar-refractivity contribution in [3.05, 3.63) is 0 Å². The Balaban J connectivity index is 2.72. The van der Waals surface area contributed by atoms with Gasteiger partial charge < -0.3 is 10.0 Å². The maximum Gasteiger partial charge on any atom is 0.327 e. The minimum Gasteiger partial charge on any atom is -0.480 e. The molecule has 1 unspecified atom stereocenters. The third-order valence-corrected chi connectivity index (χ3v) is 2.91. The van der Waals surface area contributed by atoms with Crippen molar-refractivity contribution in [3.63, 3.8) is 0 Å². The van der Waals surface area contributed by atoms with Crippen LogP contribution < -0.4 is 0 Å². The second-order valence-electron chi connectivity index (χ2n) is 2.76. The average Bonchev–Trinajstić information content (AvgIpc) is 2.16. The first-order valence-corrected chi connectivity index (χ1v) is 5.08. The second-order valence-corrected chi connectivity index (χ2v) is 3.91. The van der Waals surface area contributed by atoms with Crippen LogP contribution in [0.5, 0.6) is 0 Å². The molecule has 0 bridgehead atoms. The number of aliphatic carboxylic acids is 1. The van der Waals surface area contributed by atoms with Crippen LogP contribution in [-0.2, 0) is 9.59 Å². The van der Waals surface area contributed by atoms with Crippen LogP contribution in [0.2, 0.25) is 0 Å². The van der Waals surface area contributed by atoms with Gasteiger partial charge in [-0.15, -0.1) is 0 Å². The van der Waals surface area contributed by atoms with Crippen molar-refractivity contribution >= 4 is 23.6 Å². The Morgan fingerprint density at radius 1 is 1.50 bits per heavy atom. The van der Waals surface area contributed by atoms with E-state index in [0.29, 0.717) is 5.75 Å². The number of halogens is 2. The molecule has 1 N–H and O–H groups in total. The van der Waals surface area contributed by atoms with Gasteiger partial charge in [-0.25, -0.2) is 4.79 Å². The minimum atomic E-state index is -3.13. The van der Waals surface area contributed by atoms with Gasteiger partial charge in [0.2, 0.25) is 0 Å². The van der Waals surface area contributed by atoms with E-state index in [1.807, 2.05) is 0 Å². The lowest BCUT2D eigenvalue weighted by Crippen LogP contribution is -2.52. The topological polar surface area (TPSA) is 57.6 Å². The second kappa shape index (κ2) is 4.59. The number of carboxylic acid groups (broad SMARTS) is 1. The van der Waals surface area contributed by atoms with Gasteiger partial charge in [0.1, 0.15) is 6.04 Å². The van der Waals surface area contributed by atoms with Gasteiger partial charge in [0.25, 0.3) is 5.91 Å². The molecular formula is C7H9F2NO3S.